The van der Waals surface area contributed by atoms with Crippen LogP contribution in [0.2, 0.25) is 5.02 Å². The highest BCUT2D eigenvalue weighted by Gasteiger charge is 2.55. The van der Waals surface area contributed by atoms with Crippen molar-refractivity contribution in [2.45, 2.75) is 37.7 Å². The Balaban J connectivity index is 1.83. The first-order valence-electron chi connectivity index (χ1n) is 7.13. The van der Waals surface area contributed by atoms with Gasteiger partial charge in [0.2, 0.25) is 5.91 Å². The Kier molecular flexibility index (Phi) is 3.11. The molecule has 1 aliphatic carbocycles. The van der Waals surface area contributed by atoms with Crippen molar-refractivity contribution in [2.24, 2.45) is 5.92 Å². The predicted octanol–water partition coefficient (Wildman–Crippen LogP) is 2.60. The molecule has 3 rings (SSSR count). The zero-order valence-corrected chi connectivity index (χ0v) is 12.7. The Morgan fingerprint density at radius 2 is 1.95 bits per heavy atom. The first-order valence-corrected chi connectivity index (χ1v) is 7.51. The third-order valence-electron chi connectivity index (χ3n) is 4.91. The van der Waals surface area contributed by atoms with Crippen LogP contribution < -0.4 is 0 Å². The number of aliphatic hydroxyl groups is 1. The van der Waals surface area contributed by atoms with Gasteiger partial charge in [0.25, 0.3) is 0 Å². The van der Waals surface area contributed by atoms with Gasteiger partial charge in [0.05, 0.1) is 11.0 Å². The van der Waals surface area contributed by atoms with Crippen molar-refractivity contribution in [3.05, 3.63) is 34.9 Å². The summed E-state index contributed by atoms with van der Waals surface area (Å²) in [6, 6.07) is 7.58. The van der Waals surface area contributed by atoms with E-state index >= 15 is 0 Å². The Labute approximate surface area is 124 Å². The standard InChI is InChI=1S/C16H20ClNO2/c1-11-9-18(10-15(11,2)20)14(19)16(7-8-16)12-3-5-13(17)6-4-12/h3-6,11,20H,7-10H2,1-2H3/t11-,15+/m1/s1. The molecule has 0 radical (unpaired) electrons. The number of nitrogens with zero attached hydrogens (tertiary/aromatic N) is 1. The van der Waals surface area contributed by atoms with Gasteiger partial charge < -0.3 is 10.0 Å². The lowest BCUT2D eigenvalue weighted by atomic mass is 9.94. The molecular formula is C16H20ClNO2. The van der Waals surface area contributed by atoms with E-state index in [0.717, 1.165) is 18.4 Å². The molecule has 1 aliphatic heterocycles. The molecule has 0 aromatic heterocycles. The minimum Gasteiger partial charge on any atom is -0.388 e. The van der Waals surface area contributed by atoms with Crippen LogP contribution in [0.1, 0.15) is 32.3 Å². The number of benzene rings is 1. The number of carbonyl (C=O) groups is 1. The summed E-state index contributed by atoms with van der Waals surface area (Å²) in [5.41, 5.74) is -0.0951. The van der Waals surface area contributed by atoms with E-state index in [1.807, 2.05) is 43.0 Å². The normalized spacial score (nSPS) is 31.4. The number of amides is 1. The van der Waals surface area contributed by atoms with Gasteiger partial charge >= 0.3 is 0 Å². The smallest absolute Gasteiger partial charge is 0.233 e. The van der Waals surface area contributed by atoms with E-state index in [1.165, 1.54) is 0 Å². The number of likely N-dealkylation sites (tertiary alicyclic amines) is 1. The predicted molar refractivity (Wildman–Crippen MR) is 78.7 cm³/mol. The van der Waals surface area contributed by atoms with Crippen LogP contribution in [0.5, 0.6) is 0 Å². The molecular weight excluding hydrogens is 274 g/mol. The van der Waals surface area contributed by atoms with Crippen LogP contribution in [0.25, 0.3) is 0 Å². The number of β-amino-alcohol motifs (C(OH)–C–C–N with tert-alkyl or cyclic N) is 1. The summed E-state index contributed by atoms with van der Waals surface area (Å²) >= 11 is 5.92. The van der Waals surface area contributed by atoms with E-state index < -0.39 is 5.60 Å². The molecule has 1 amide bonds. The maximum Gasteiger partial charge on any atom is 0.233 e. The van der Waals surface area contributed by atoms with E-state index in [-0.39, 0.29) is 17.2 Å². The molecule has 2 atom stereocenters. The van der Waals surface area contributed by atoms with E-state index in [4.69, 9.17) is 11.6 Å². The van der Waals surface area contributed by atoms with Crippen molar-refractivity contribution in [1.82, 2.24) is 4.90 Å². The summed E-state index contributed by atoms with van der Waals surface area (Å²) in [5.74, 6) is 0.275. The van der Waals surface area contributed by atoms with Crippen LogP contribution in [-0.4, -0.2) is 34.6 Å². The SMILES string of the molecule is C[C@@H]1CN(C(=O)C2(c3ccc(Cl)cc3)CC2)C[C@]1(C)O. The third-order valence-corrected chi connectivity index (χ3v) is 5.16. The van der Waals surface area contributed by atoms with Crippen LogP contribution >= 0.6 is 11.6 Å². The summed E-state index contributed by atoms with van der Waals surface area (Å²) in [7, 11) is 0. The highest BCUT2D eigenvalue weighted by atomic mass is 35.5. The highest BCUT2D eigenvalue weighted by Crippen LogP contribution is 2.50. The maximum absolute atomic E-state index is 12.8. The molecule has 20 heavy (non-hydrogen) atoms. The topological polar surface area (TPSA) is 40.5 Å². The monoisotopic (exact) mass is 293 g/mol. The maximum atomic E-state index is 12.8. The molecule has 2 aliphatic rings. The Hall–Kier alpha value is -1.06. The third kappa shape index (κ3) is 2.13. The van der Waals surface area contributed by atoms with Crippen molar-refractivity contribution in [2.75, 3.05) is 13.1 Å². The van der Waals surface area contributed by atoms with Crippen molar-refractivity contribution in [3.63, 3.8) is 0 Å². The zero-order valence-electron chi connectivity index (χ0n) is 11.9. The second-order valence-corrected chi connectivity index (χ2v) is 6.97. The highest BCUT2D eigenvalue weighted by molar-refractivity contribution is 6.30. The van der Waals surface area contributed by atoms with Crippen molar-refractivity contribution < 1.29 is 9.90 Å². The summed E-state index contributed by atoms with van der Waals surface area (Å²) < 4.78 is 0. The quantitative estimate of drug-likeness (QED) is 0.910. The first-order chi connectivity index (χ1) is 9.35. The van der Waals surface area contributed by atoms with E-state index in [2.05, 4.69) is 0 Å². The van der Waals surface area contributed by atoms with Gasteiger partial charge in [-0.05, 0) is 37.5 Å². The largest absolute Gasteiger partial charge is 0.388 e. The summed E-state index contributed by atoms with van der Waals surface area (Å²) in [5, 5.41) is 11.0. The van der Waals surface area contributed by atoms with Crippen LogP contribution in [0.15, 0.2) is 24.3 Å². The van der Waals surface area contributed by atoms with Gasteiger partial charge in [-0.15, -0.1) is 0 Å². The van der Waals surface area contributed by atoms with Crippen LogP contribution in [0.4, 0.5) is 0 Å². The van der Waals surface area contributed by atoms with Gasteiger partial charge in [0.15, 0.2) is 0 Å². The minimum atomic E-state index is -0.772. The van der Waals surface area contributed by atoms with Crippen molar-refractivity contribution in [3.8, 4) is 0 Å². The van der Waals surface area contributed by atoms with Crippen LogP contribution in [-0.2, 0) is 10.2 Å². The van der Waals surface area contributed by atoms with Gasteiger partial charge in [-0.3, -0.25) is 4.79 Å². The first kappa shape index (κ1) is 13.9. The average Bonchev–Trinajstić information content (AvgIpc) is 3.14. The summed E-state index contributed by atoms with van der Waals surface area (Å²) in [6.45, 7) is 4.88. The number of rotatable bonds is 2. The van der Waals surface area contributed by atoms with Crippen LogP contribution in [0, 0.1) is 5.92 Å². The molecule has 1 heterocycles. The zero-order chi connectivity index (χ0) is 14.5. The number of halogens is 1. The van der Waals surface area contributed by atoms with Crippen LogP contribution in [0.3, 0.4) is 0 Å². The lowest BCUT2D eigenvalue weighted by Gasteiger charge is -2.24. The lowest BCUT2D eigenvalue weighted by Crippen LogP contribution is -2.40. The Bertz CT molecular complexity index is 534. The van der Waals surface area contributed by atoms with E-state index in [1.54, 1.807) is 0 Å². The summed E-state index contributed by atoms with van der Waals surface area (Å²) in [4.78, 5) is 14.7. The summed E-state index contributed by atoms with van der Waals surface area (Å²) in [6.07, 6.45) is 1.78. The number of hydrogen-bond donors (Lipinski definition) is 1. The molecule has 0 unspecified atom stereocenters. The second kappa shape index (κ2) is 4.47. The van der Waals surface area contributed by atoms with E-state index in [0.29, 0.717) is 18.1 Å². The molecule has 0 spiro atoms. The lowest BCUT2D eigenvalue weighted by molar-refractivity contribution is -0.133. The Morgan fingerprint density at radius 1 is 1.35 bits per heavy atom. The number of hydrogen-bond acceptors (Lipinski definition) is 2. The van der Waals surface area contributed by atoms with Gasteiger partial charge in [-0.1, -0.05) is 30.7 Å². The second-order valence-electron chi connectivity index (χ2n) is 6.53. The molecule has 2 fully saturated rings. The molecule has 1 saturated carbocycles. The average molecular weight is 294 g/mol. The fourth-order valence-corrected chi connectivity index (χ4v) is 3.24. The fraction of sp³-hybridized carbons (Fsp3) is 0.562. The van der Waals surface area contributed by atoms with Gasteiger partial charge in [0, 0.05) is 24.0 Å². The molecule has 108 valence electrons. The van der Waals surface area contributed by atoms with Gasteiger partial charge in [-0.2, -0.15) is 0 Å². The molecule has 0 bridgehead atoms. The fourth-order valence-electron chi connectivity index (χ4n) is 3.11. The molecule has 1 N–H and O–H groups in total. The molecule has 1 aromatic carbocycles. The Morgan fingerprint density at radius 3 is 2.40 bits per heavy atom. The minimum absolute atomic E-state index is 0.118. The van der Waals surface area contributed by atoms with Crippen molar-refractivity contribution in [1.29, 1.82) is 0 Å². The molecule has 4 heteroatoms. The van der Waals surface area contributed by atoms with Gasteiger partial charge in [0.1, 0.15) is 0 Å². The molecule has 3 nitrogen and oxygen atoms in total. The van der Waals surface area contributed by atoms with Gasteiger partial charge in [-0.25, -0.2) is 0 Å². The number of carbonyl (C=O) groups excluding carboxylic acids is 1. The molecule has 1 aromatic rings. The van der Waals surface area contributed by atoms with E-state index in [9.17, 15) is 9.90 Å². The van der Waals surface area contributed by atoms with Crippen molar-refractivity contribution >= 4 is 17.5 Å². The molecule has 1 saturated heterocycles.